The predicted molar refractivity (Wildman–Crippen MR) is 96.5 cm³/mol. The third-order valence-electron chi connectivity index (χ3n) is 3.72. The number of rotatable bonds is 6. The van der Waals surface area contributed by atoms with E-state index in [1.54, 1.807) is 19.2 Å². The van der Waals surface area contributed by atoms with Crippen LogP contribution >= 0.6 is 11.6 Å². The van der Waals surface area contributed by atoms with E-state index in [2.05, 4.69) is 15.6 Å². The van der Waals surface area contributed by atoms with Crippen LogP contribution < -0.4 is 10.6 Å². The number of nitrogens with one attached hydrogen (secondary N) is 2. The molecule has 0 saturated heterocycles. The maximum Gasteiger partial charge on any atom is 0.273 e. The van der Waals surface area contributed by atoms with E-state index in [1.807, 2.05) is 42.5 Å². The first-order valence-corrected chi connectivity index (χ1v) is 8.25. The second-order valence-electron chi connectivity index (χ2n) is 5.53. The van der Waals surface area contributed by atoms with Crippen molar-refractivity contribution in [3.8, 4) is 0 Å². The van der Waals surface area contributed by atoms with Crippen molar-refractivity contribution in [2.45, 2.75) is 12.6 Å². The van der Waals surface area contributed by atoms with Gasteiger partial charge in [0, 0.05) is 5.02 Å². The SMILES string of the molecule is CNCc1nc(C(=O)NC(c2ccccc2)c2ccc(Cl)cc2)co1. The molecule has 0 spiro atoms. The molecular formula is C19H18ClN3O2. The number of carbonyl (C=O) groups excluding carboxylic acids is 1. The number of oxazole rings is 1. The summed E-state index contributed by atoms with van der Waals surface area (Å²) in [5.74, 6) is 0.172. The first kappa shape index (κ1) is 17.2. The van der Waals surface area contributed by atoms with E-state index >= 15 is 0 Å². The van der Waals surface area contributed by atoms with Crippen LogP contribution in [0.4, 0.5) is 0 Å². The molecule has 1 unspecified atom stereocenters. The molecule has 0 bridgehead atoms. The third-order valence-corrected chi connectivity index (χ3v) is 3.98. The fourth-order valence-electron chi connectivity index (χ4n) is 2.51. The van der Waals surface area contributed by atoms with Gasteiger partial charge in [0.25, 0.3) is 5.91 Å². The molecule has 0 saturated carbocycles. The van der Waals surface area contributed by atoms with Crippen molar-refractivity contribution in [3.63, 3.8) is 0 Å². The van der Waals surface area contributed by atoms with Gasteiger partial charge < -0.3 is 15.1 Å². The third kappa shape index (κ3) is 4.26. The molecule has 0 fully saturated rings. The number of benzene rings is 2. The van der Waals surface area contributed by atoms with Gasteiger partial charge >= 0.3 is 0 Å². The summed E-state index contributed by atoms with van der Waals surface area (Å²) in [4.78, 5) is 16.8. The standard InChI is InChI=1S/C19H18ClN3O2/c1-21-11-17-22-16(12-25-17)19(24)23-18(13-5-3-2-4-6-13)14-7-9-15(20)10-8-14/h2-10,12,18,21H,11H2,1H3,(H,23,24). The van der Waals surface area contributed by atoms with E-state index < -0.39 is 0 Å². The summed E-state index contributed by atoms with van der Waals surface area (Å²) in [5.41, 5.74) is 2.15. The number of amides is 1. The van der Waals surface area contributed by atoms with Crippen LogP contribution in [0.1, 0.15) is 33.5 Å². The van der Waals surface area contributed by atoms with E-state index in [9.17, 15) is 4.79 Å². The van der Waals surface area contributed by atoms with Crippen molar-refractivity contribution in [1.82, 2.24) is 15.6 Å². The Morgan fingerprint density at radius 3 is 2.48 bits per heavy atom. The molecule has 2 N–H and O–H groups in total. The van der Waals surface area contributed by atoms with Gasteiger partial charge in [-0.1, -0.05) is 54.1 Å². The van der Waals surface area contributed by atoms with Crippen molar-refractivity contribution >= 4 is 17.5 Å². The molecule has 2 aromatic carbocycles. The highest BCUT2D eigenvalue weighted by molar-refractivity contribution is 6.30. The fourth-order valence-corrected chi connectivity index (χ4v) is 2.64. The molecule has 3 aromatic rings. The van der Waals surface area contributed by atoms with Crippen LogP contribution in [-0.4, -0.2) is 17.9 Å². The Kier molecular flexibility index (Phi) is 5.48. The van der Waals surface area contributed by atoms with Crippen molar-refractivity contribution in [3.05, 3.63) is 88.6 Å². The molecule has 25 heavy (non-hydrogen) atoms. The summed E-state index contributed by atoms with van der Waals surface area (Å²) in [5, 5.41) is 6.60. The summed E-state index contributed by atoms with van der Waals surface area (Å²) in [7, 11) is 1.79. The van der Waals surface area contributed by atoms with E-state index in [-0.39, 0.29) is 17.6 Å². The average Bonchev–Trinajstić information content (AvgIpc) is 3.10. The minimum atomic E-state index is -0.310. The van der Waals surface area contributed by atoms with Gasteiger partial charge in [-0.3, -0.25) is 4.79 Å². The molecule has 1 aromatic heterocycles. The van der Waals surface area contributed by atoms with Crippen molar-refractivity contribution in [2.75, 3.05) is 7.05 Å². The smallest absolute Gasteiger partial charge is 0.273 e. The first-order valence-electron chi connectivity index (χ1n) is 7.87. The van der Waals surface area contributed by atoms with E-state index in [4.69, 9.17) is 16.0 Å². The zero-order valence-electron chi connectivity index (χ0n) is 13.7. The van der Waals surface area contributed by atoms with Crippen molar-refractivity contribution < 1.29 is 9.21 Å². The van der Waals surface area contributed by atoms with Gasteiger partial charge in [0.15, 0.2) is 5.69 Å². The number of aromatic nitrogens is 1. The highest BCUT2D eigenvalue weighted by atomic mass is 35.5. The molecule has 3 rings (SSSR count). The van der Waals surface area contributed by atoms with E-state index in [0.29, 0.717) is 17.5 Å². The topological polar surface area (TPSA) is 67.2 Å². The second kappa shape index (κ2) is 7.96. The Bertz CT molecular complexity index is 831. The lowest BCUT2D eigenvalue weighted by Crippen LogP contribution is -2.29. The Morgan fingerprint density at radius 1 is 1.12 bits per heavy atom. The molecule has 128 valence electrons. The Morgan fingerprint density at radius 2 is 1.80 bits per heavy atom. The van der Waals surface area contributed by atoms with E-state index in [0.717, 1.165) is 11.1 Å². The molecule has 1 atom stereocenters. The summed E-state index contributed by atoms with van der Waals surface area (Å²) in [6.07, 6.45) is 1.37. The highest BCUT2D eigenvalue weighted by Crippen LogP contribution is 2.24. The Balaban J connectivity index is 1.86. The Hall–Kier alpha value is -2.63. The number of halogens is 1. The van der Waals surface area contributed by atoms with Gasteiger partial charge in [-0.15, -0.1) is 0 Å². The number of hydrogen-bond acceptors (Lipinski definition) is 4. The summed E-state index contributed by atoms with van der Waals surface area (Å²) >= 11 is 5.98. The summed E-state index contributed by atoms with van der Waals surface area (Å²) in [6.45, 7) is 0.465. The van der Waals surface area contributed by atoms with E-state index in [1.165, 1.54) is 6.26 Å². The molecular weight excluding hydrogens is 338 g/mol. The largest absolute Gasteiger partial charge is 0.447 e. The van der Waals surface area contributed by atoms with Gasteiger partial charge in [0.2, 0.25) is 5.89 Å². The molecule has 5 nitrogen and oxygen atoms in total. The molecule has 0 aliphatic heterocycles. The maximum absolute atomic E-state index is 12.6. The van der Waals surface area contributed by atoms with Crippen LogP contribution in [0.5, 0.6) is 0 Å². The monoisotopic (exact) mass is 355 g/mol. The predicted octanol–water partition coefficient (Wildman–Crippen LogP) is 3.57. The van der Waals surface area contributed by atoms with Crippen LogP contribution in [0.15, 0.2) is 65.3 Å². The molecule has 1 heterocycles. The zero-order chi connectivity index (χ0) is 17.6. The fraction of sp³-hybridized carbons (Fsp3) is 0.158. The summed E-state index contributed by atoms with van der Waals surface area (Å²) in [6, 6.07) is 16.8. The van der Waals surface area contributed by atoms with Crippen molar-refractivity contribution in [2.24, 2.45) is 0 Å². The lowest BCUT2D eigenvalue weighted by molar-refractivity contribution is 0.0938. The minimum Gasteiger partial charge on any atom is -0.447 e. The highest BCUT2D eigenvalue weighted by Gasteiger charge is 2.20. The van der Waals surface area contributed by atoms with Gasteiger partial charge in [-0.05, 0) is 30.3 Å². The van der Waals surface area contributed by atoms with Gasteiger partial charge in [0.05, 0.1) is 12.6 Å². The lowest BCUT2D eigenvalue weighted by Gasteiger charge is -2.19. The Labute approximate surface area is 151 Å². The molecule has 0 aliphatic carbocycles. The molecule has 6 heteroatoms. The minimum absolute atomic E-state index is 0.250. The quantitative estimate of drug-likeness (QED) is 0.709. The first-order chi connectivity index (χ1) is 12.2. The molecule has 1 amide bonds. The van der Waals surface area contributed by atoms with Crippen LogP contribution in [-0.2, 0) is 6.54 Å². The number of nitrogens with zero attached hydrogens (tertiary/aromatic N) is 1. The van der Waals surface area contributed by atoms with Crippen LogP contribution in [0.25, 0.3) is 0 Å². The second-order valence-corrected chi connectivity index (χ2v) is 5.96. The van der Waals surface area contributed by atoms with Crippen LogP contribution in [0, 0.1) is 0 Å². The van der Waals surface area contributed by atoms with Crippen molar-refractivity contribution in [1.29, 1.82) is 0 Å². The van der Waals surface area contributed by atoms with Gasteiger partial charge in [-0.25, -0.2) is 4.98 Å². The van der Waals surface area contributed by atoms with Crippen LogP contribution in [0.3, 0.4) is 0 Å². The lowest BCUT2D eigenvalue weighted by atomic mass is 9.98. The molecule has 0 radical (unpaired) electrons. The van der Waals surface area contributed by atoms with Gasteiger partial charge in [0.1, 0.15) is 6.26 Å². The number of carbonyl (C=O) groups is 1. The summed E-state index contributed by atoms with van der Waals surface area (Å²) < 4.78 is 5.28. The van der Waals surface area contributed by atoms with Crippen LogP contribution in [0.2, 0.25) is 5.02 Å². The zero-order valence-corrected chi connectivity index (χ0v) is 14.5. The molecule has 0 aliphatic rings. The average molecular weight is 356 g/mol. The maximum atomic E-state index is 12.6. The number of hydrogen-bond donors (Lipinski definition) is 2. The van der Waals surface area contributed by atoms with Gasteiger partial charge in [-0.2, -0.15) is 0 Å². The normalized spacial score (nSPS) is 11.9.